The summed E-state index contributed by atoms with van der Waals surface area (Å²) >= 11 is 4.77. The number of hydrogen-bond acceptors (Lipinski definition) is 2. The summed E-state index contributed by atoms with van der Waals surface area (Å²) in [5.41, 5.74) is 7.24. The molecule has 108 valence electrons. The molecule has 5 heteroatoms. The van der Waals surface area contributed by atoms with Crippen LogP contribution in [-0.4, -0.2) is 17.1 Å². The van der Waals surface area contributed by atoms with Crippen LogP contribution in [0.1, 0.15) is 37.7 Å². The summed E-state index contributed by atoms with van der Waals surface area (Å²) in [6.07, 6.45) is 6.40. The molecule has 4 nitrogen and oxygen atoms in total. The number of rotatable bonds is 4. The highest BCUT2D eigenvalue weighted by Crippen LogP contribution is 2.17. The van der Waals surface area contributed by atoms with Crippen molar-refractivity contribution in [3.63, 3.8) is 0 Å². The molecule has 1 amide bonds. The van der Waals surface area contributed by atoms with Crippen LogP contribution in [0.2, 0.25) is 0 Å². The molecule has 20 heavy (non-hydrogen) atoms. The molecule has 0 heterocycles. The molecule has 1 fully saturated rings. The van der Waals surface area contributed by atoms with Gasteiger partial charge in [0, 0.05) is 11.7 Å². The van der Waals surface area contributed by atoms with Gasteiger partial charge in [0.15, 0.2) is 5.11 Å². The summed E-state index contributed by atoms with van der Waals surface area (Å²) < 4.78 is 0. The summed E-state index contributed by atoms with van der Waals surface area (Å²) in [5, 5.41) is 6.22. The van der Waals surface area contributed by atoms with Gasteiger partial charge in [0.05, 0.1) is 6.42 Å². The van der Waals surface area contributed by atoms with Gasteiger partial charge in [-0.25, -0.2) is 0 Å². The zero-order valence-electron chi connectivity index (χ0n) is 11.5. The van der Waals surface area contributed by atoms with Crippen LogP contribution in [0, 0.1) is 0 Å². The molecule has 1 aliphatic carbocycles. The van der Waals surface area contributed by atoms with Crippen molar-refractivity contribution in [1.82, 2.24) is 5.32 Å². The highest BCUT2D eigenvalue weighted by molar-refractivity contribution is 7.80. The van der Waals surface area contributed by atoms with E-state index in [1.165, 1.54) is 19.3 Å². The second-order valence-corrected chi connectivity index (χ2v) is 5.71. The molecule has 0 saturated heterocycles. The maximum atomic E-state index is 12.0. The van der Waals surface area contributed by atoms with Gasteiger partial charge in [-0.3, -0.25) is 4.79 Å². The van der Waals surface area contributed by atoms with Crippen molar-refractivity contribution in [3.8, 4) is 0 Å². The van der Waals surface area contributed by atoms with Crippen LogP contribution < -0.4 is 16.4 Å². The first kappa shape index (κ1) is 14.8. The van der Waals surface area contributed by atoms with Crippen molar-refractivity contribution < 1.29 is 4.79 Å². The van der Waals surface area contributed by atoms with Crippen LogP contribution in [0.25, 0.3) is 0 Å². The smallest absolute Gasteiger partial charge is 0.224 e. The van der Waals surface area contributed by atoms with Crippen LogP contribution in [0.5, 0.6) is 0 Å². The molecular weight excluding hydrogens is 270 g/mol. The summed E-state index contributed by atoms with van der Waals surface area (Å²) in [4.78, 5) is 12.0. The number of hydrogen-bond donors (Lipinski definition) is 3. The first-order chi connectivity index (χ1) is 9.63. The molecule has 1 aromatic rings. The Kier molecular flexibility index (Phi) is 5.35. The zero-order valence-corrected chi connectivity index (χ0v) is 12.3. The van der Waals surface area contributed by atoms with Crippen molar-refractivity contribution in [2.45, 2.75) is 44.6 Å². The predicted octanol–water partition coefficient (Wildman–Crippen LogP) is 2.33. The predicted molar refractivity (Wildman–Crippen MR) is 85.6 cm³/mol. The Bertz CT molecular complexity index is 467. The van der Waals surface area contributed by atoms with Gasteiger partial charge in [-0.2, -0.15) is 0 Å². The van der Waals surface area contributed by atoms with Gasteiger partial charge in [-0.1, -0.05) is 31.4 Å². The lowest BCUT2D eigenvalue weighted by Gasteiger charge is -2.22. The zero-order chi connectivity index (χ0) is 14.4. The van der Waals surface area contributed by atoms with Crippen molar-refractivity contribution in [3.05, 3.63) is 29.8 Å². The lowest BCUT2D eigenvalue weighted by Crippen LogP contribution is -2.37. The summed E-state index contributed by atoms with van der Waals surface area (Å²) in [5.74, 6) is 0.104. The van der Waals surface area contributed by atoms with Crippen LogP contribution in [-0.2, 0) is 11.2 Å². The van der Waals surface area contributed by atoms with Gasteiger partial charge in [0.1, 0.15) is 0 Å². The van der Waals surface area contributed by atoms with Crippen LogP contribution >= 0.6 is 12.2 Å². The second-order valence-electron chi connectivity index (χ2n) is 5.27. The average molecular weight is 291 g/mol. The molecule has 0 atom stereocenters. The minimum Gasteiger partial charge on any atom is -0.376 e. The molecule has 2 rings (SSSR count). The maximum absolute atomic E-state index is 12.0. The SMILES string of the molecule is NC(=S)Nc1ccc(CC(=O)NC2CCCCC2)cc1. The van der Waals surface area contributed by atoms with E-state index in [4.69, 9.17) is 18.0 Å². The Morgan fingerprint density at radius 3 is 2.45 bits per heavy atom. The third-order valence-corrected chi connectivity index (χ3v) is 3.66. The van der Waals surface area contributed by atoms with E-state index in [0.29, 0.717) is 12.5 Å². The molecule has 1 aromatic carbocycles. The van der Waals surface area contributed by atoms with E-state index >= 15 is 0 Å². The lowest BCUT2D eigenvalue weighted by atomic mass is 9.95. The Morgan fingerprint density at radius 2 is 1.85 bits per heavy atom. The average Bonchev–Trinajstić information content (AvgIpc) is 2.41. The van der Waals surface area contributed by atoms with Crippen molar-refractivity contribution >= 4 is 28.9 Å². The Hall–Kier alpha value is -1.62. The number of carbonyl (C=O) groups is 1. The molecule has 1 saturated carbocycles. The molecule has 4 N–H and O–H groups in total. The van der Waals surface area contributed by atoms with Crippen LogP contribution in [0.4, 0.5) is 5.69 Å². The fraction of sp³-hybridized carbons (Fsp3) is 0.467. The summed E-state index contributed by atoms with van der Waals surface area (Å²) in [6.45, 7) is 0. The summed E-state index contributed by atoms with van der Waals surface area (Å²) in [6, 6.07) is 7.96. The highest BCUT2D eigenvalue weighted by atomic mass is 32.1. The monoisotopic (exact) mass is 291 g/mol. The number of nitrogens with one attached hydrogen (secondary N) is 2. The molecule has 1 aliphatic rings. The first-order valence-corrected chi connectivity index (χ1v) is 7.49. The third-order valence-electron chi connectivity index (χ3n) is 3.56. The largest absolute Gasteiger partial charge is 0.376 e. The van der Waals surface area contributed by atoms with E-state index < -0.39 is 0 Å². The summed E-state index contributed by atoms with van der Waals surface area (Å²) in [7, 11) is 0. The lowest BCUT2D eigenvalue weighted by molar-refractivity contribution is -0.121. The van der Waals surface area contributed by atoms with E-state index in [1.54, 1.807) is 0 Å². The van der Waals surface area contributed by atoms with Gasteiger partial charge in [0.25, 0.3) is 0 Å². The van der Waals surface area contributed by atoms with E-state index in [2.05, 4.69) is 10.6 Å². The normalized spacial score (nSPS) is 15.6. The highest BCUT2D eigenvalue weighted by Gasteiger charge is 2.15. The fourth-order valence-corrected chi connectivity index (χ4v) is 2.68. The molecule has 0 aromatic heterocycles. The Morgan fingerprint density at radius 1 is 1.20 bits per heavy atom. The Labute approximate surface area is 125 Å². The standard InChI is InChI=1S/C15H21N3OS/c16-15(20)18-13-8-6-11(7-9-13)10-14(19)17-12-4-2-1-3-5-12/h6-9,12H,1-5,10H2,(H,17,19)(H3,16,18,20). The minimum atomic E-state index is 0.104. The molecule has 0 unspecified atom stereocenters. The van der Waals surface area contributed by atoms with Crippen molar-refractivity contribution in [2.75, 3.05) is 5.32 Å². The fourth-order valence-electron chi connectivity index (χ4n) is 2.56. The number of carbonyl (C=O) groups excluding carboxylic acids is 1. The number of anilines is 1. The van der Waals surface area contributed by atoms with E-state index in [-0.39, 0.29) is 11.0 Å². The van der Waals surface area contributed by atoms with Gasteiger partial charge in [-0.05, 0) is 42.8 Å². The third kappa shape index (κ3) is 4.81. The van der Waals surface area contributed by atoms with Gasteiger partial charge in [-0.15, -0.1) is 0 Å². The molecule has 0 bridgehead atoms. The van der Waals surface area contributed by atoms with Gasteiger partial charge < -0.3 is 16.4 Å². The van der Waals surface area contributed by atoms with E-state index in [9.17, 15) is 4.79 Å². The van der Waals surface area contributed by atoms with Crippen molar-refractivity contribution in [1.29, 1.82) is 0 Å². The number of amides is 1. The maximum Gasteiger partial charge on any atom is 0.224 e. The number of thiocarbonyl (C=S) groups is 1. The Balaban J connectivity index is 1.82. The molecule has 0 spiro atoms. The van der Waals surface area contributed by atoms with Crippen LogP contribution in [0.15, 0.2) is 24.3 Å². The van der Waals surface area contributed by atoms with E-state index in [1.807, 2.05) is 24.3 Å². The number of benzene rings is 1. The number of nitrogens with two attached hydrogens (primary N) is 1. The molecule has 0 radical (unpaired) electrons. The second kappa shape index (κ2) is 7.24. The van der Waals surface area contributed by atoms with Gasteiger partial charge in [0.2, 0.25) is 5.91 Å². The quantitative estimate of drug-likeness (QED) is 0.745. The topological polar surface area (TPSA) is 67.1 Å². The van der Waals surface area contributed by atoms with E-state index in [0.717, 1.165) is 24.1 Å². The first-order valence-electron chi connectivity index (χ1n) is 7.08. The van der Waals surface area contributed by atoms with Crippen LogP contribution in [0.3, 0.4) is 0 Å². The van der Waals surface area contributed by atoms with Gasteiger partial charge >= 0.3 is 0 Å². The molecule has 0 aliphatic heterocycles. The van der Waals surface area contributed by atoms with Crippen molar-refractivity contribution in [2.24, 2.45) is 5.73 Å². The molecular formula is C15H21N3OS. The minimum absolute atomic E-state index is 0.104.